The first-order chi connectivity index (χ1) is 12.5. The molecule has 1 amide bonds. The maximum Gasteiger partial charge on any atom is 0.254 e. The number of morpholine rings is 1. The zero-order valence-electron chi connectivity index (χ0n) is 14.6. The van der Waals surface area contributed by atoms with Crippen molar-refractivity contribution in [1.82, 2.24) is 14.9 Å². The molecule has 0 aromatic carbocycles. The van der Waals surface area contributed by atoms with Gasteiger partial charge in [-0.05, 0) is 25.1 Å². The number of carbonyl (C=O) groups is 1. The van der Waals surface area contributed by atoms with E-state index in [4.69, 9.17) is 25.8 Å². The molecule has 0 saturated carbocycles. The van der Waals surface area contributed by atoms with Crippen LogP contribution in [-0.4, -0.2) is 60.3 Å². The fourth-order valence-electron chi connectivity index (χ4n) is 2.62. The first-order valence-corrected chi connectivity index (χ1v) is 8.61. The van der Waals surface area contributed by atoms with Gasteiger partial charge in [-0.15, -0.1) is 0 Å². The molecule has 1 aliphatic heterocycles. The Hall–Kier alpha value is -2.38. The molecule has 3 rings (SSSR count). The quantitative estimate of drug-likeness (QED) is 0.745. The molecule has 1 fully saturated rings. The molecule has 26 heavy (non-hydrogen) atoms. The molecule has 2 aromatic heterocycles. The third-order valence-electron chi connectivity index (χ3n) is 3.97. The van der Waals surface area contributed by atoms with Gasteiger partial charge in [0, 0.05) is 23.9 Å². The predicted octanol–water partition coefficient (Wildman–Crippen LogP) is 2.37. The minimum Gasteiger partial charge on any atom is -0.489 e. The van der Waals surface area contributed by atoms with E-state index in [0.29, 0.717) is 43.5 Å². The van der Waals surface area contributed by atoms with E-state index in [9.17, 15) is 4.79 Å². The molecule has 1 unspecified atom stereocenters. The van der Waals surface area contributed by atoms with Gasteiger partial charge >= 0.3 is 0 Å². The number of rotatable bonds is 5. The van der Waals surface area contributed by atoms with Gasteiger partial charge in [0.25, 0.3) is 5.91 Å². The second-order valence-electron chi connectivity index (χ2n) is 5.91. The number of hydrogen-bond acceptors (Lipinski definition) is 6. The number of aryl methyl sites for hydroxylation is 1. The van der Waals surface area contributed by atoms with E-state index in [0.717, 1.165) is 5.69 Å². The number of halogens is 1. The molecular formula is C18H20ClN3O4. The molecule has 7 nitrogen and oxygen atoms in total. The third-order valence-corrected chi connectivity index (χ3v) is 4.17. The minimum atomic E-state index is -0.215. The number of aromatic nitrogens is 2. The molecule has 0 bridgehead atoms. The van der Waals surface area contributed by atoms with E-state index in [2.05, 4.69) is 9.97 Å². The number of pyridine rings is 2. The summed E-state index contributed by atoms with van der Waals surface area (Å²) in [7, 11) is 1.48. The molecule has 0 radical (unpaired) electrons. The first-order valence-electron chi connectivity index (χ1n) is 8.23. The molecule has 2 aromatic rings. The van der Waals surface area contributed by atoms with E-state index < -0.39 is 0 Å². The van der Waals surface area contributed by atoms with Crippen molar-refractivity contribution in [3.63, 3.8) is 0 Å². The summed E-state index contributed by atoms with van der Waals surface area (Å²) in [5, 5.41) is 0.215. The van der Waals surface area contributed by atoms with Crippen molar-refractivity contribution >= 4 is 17.5 Å². The molecule has 0 spiro atoms. The molecule has 1 aliphatic rings. The fourth-order valence-corrected chi connectivity index (χ4v) is 2.82. The van der Waals surface area contributed by atoms with Crippen LogP contribution >= 0.6 is 11.6 Å². The van der Waals surface area contributed by atoms with Crippen molar-refractivity contribution in [3.8, 4) is 11.6 Å². The zero-order valence-corrected chi connectivity index (χ0v) is 15.4. The highest BCUT2D eigenvalue weighted by molar-refractivity contribution is 6.29. The summed E-state index contributed by atoms with van der Waals surface area (Å²) in [5.41, 5.74) is 1.36. The predicted molar refractivity (Wildman–Crippen MR) is 95.9 cm³/mol. The Morgan fingerprint density at radius 3 is 3.00 bits per heavy atom. The Kier molecular flexibility index (Phi) is 5.90. The maximum atomic E-state index is 12.8. The van der Waals surface area contributed by atoms with Crippen molar-refractivity contribution in [3.05, 3.63) is 46.9 Å². The van der Waals surface area contributed by atoms with Crippen molar-refractivity contribution < 1.29 is 19.0 Å². The van der Waals surface area contributed by atoms with E-state index in [1.165, 1.54) is 13.2 Å². The van der Waals surface area contributed by atoms with Gasteiger partial charge in [0.05, 0.1) is 26.5 Å². The third kappa shape index (κ3) is 4.62. The molecule has 138 valence electrons. The Balaban J connectivity index is 1.61. The summed E-state index contributed by atoms with van der Waals surface area (Å²) in [6.07, 6.45) is 1.46. The Bertz CT molecular complexity index is 770. The molecule has 1 atom stereocenters. The van der Waals surface area contributed by atoms with Crippen LogP contribution in [0.15, 0.2) is 30.5 Å². The number of ether oxygens (including phenoxy) is 3. The van der Waals surface area contributed by atoms with Crippen molar-refractivity contribution in [2.45, 2.75) is 13.0 Å². The van der Waals surface area contributed by atoms with Crippen LogP contribution in [0.5, 0.6) is 11.6 Å². The summed E-state index contributed by atoms with van der Waals surface area (Å²) in [6, 6.07) is 6.85. The number of amides is 1. The zero-order chi connectivity index (χ0) is 18.5. The second-order valence-corrected chi connectivity index (χ2v) is 6.30. The lowest BCUT2D eigenvalue weighted by molar-refractivity contribution is -0.0401. The average molecular weight is 378 g/mol. The minimum absolute atomic E-state index is 0.141. The van der Waals surface area contributed by atoms with Gasteiger partial charge in [0.15, 0.2) is 0 Å². The van der Waals surface area contributed by atoms with Crippen molar-refractivity contribution in [2.24, 2.45) is 0 Å². The van der Waals surface area contributed by atoms with Crippen LogP contribution in [-0.2, 0) is 4.74 Å². The van der Waals surface area contributed by atoms with Crippen LogP contribution in [0.1, 0.15) is 16.1 Å². The van der Waals surface area contributed by atoms with E-state index in [1.807, 2.05) is 19.1 Å². The normalized spacial score (nSPS) is 17.0. The summed E-state index contributed by atoms with van der Waals surface area (Å²) in [4.78, 5) is 22.6. The lowest BCUT2D eigenvalue weighted by atomic mass is 10.2. The highest BCUT2D eigenvalue weighted by atomic mass is 35.5. The monoisotopic (exact) mass is 377 g/mol. The highest BCUT2D eigenvalue weighted by Crippen LogP contribution is 2.19. The molecule has 1 saturated heterocycles. The SMILES string of the molecule is COc1cc(C(=O)N2CCOC(COc3ccc(C)nc3)C2)cc(Cl)n1. The van der Waals surface area contributed by atoms with Crippen LogP contribution in [0.4, 0.5) is 0 Å². The largest absolute Gasteiger partial charge is 0.489 e. The summed E-state index contributed by atoms with van der Waals surface area (Å²) < 4.78 is 16.5. The highest BCUT2D eigenvalue weighted by Gasteiger charge is 2.26. The Morgan fingerprint density at radius 2 is 2.27 bits per heavy atom. The molecule has 0 N–H and O–H groups in total. The number of hydrogen-bond donors (Lipinski definition) is 0. The molecule has 8 heteroatoms. The second kappa shape index (κ2) is 8.33. The Morgan fingerprint density at radius 1 is 1.42 bits per heavy atom. The first kappa shape index (κ1) is 18.4. The van der Waals surface area contributed by atoms with Crippen LogP contribution < -0.4 is 9.47 Å². The number of carbonyl (C=O) groups excluding carboxylic acids is 1. The summed E-state index contributed by atoms with van der Waals surface area (Å²) in [5.74, 6) is 0.840. The average Bonchev–Trinajstić information content (AvgIpc) is 2.66. The van der Waals surface area contributed by atoms with Crippen LogP contribution in [0.25, 0.3) is 0 Å². The number of nitrogens with zero attached hydrogens (tertiary/aromatic N) is 3. The van der Waals surface area contributed by atoms with Crippen molar-refractivity contribution in [2.75, 3.05) is 33.4 Å². The topological polar surface area (TPSA) is 73.8 Å². The van der Waals surface area contributed by atoms with Gasteiger partial charge in [0.2, 0.25) is 5.88 Å². The maximum absolute atomic E-state index is 12.8. The van der Waals surface area contributed by atoms with E-state index in [1.54, 1.807) is 17.2 Å². The van der Waals surface area contributed by atoms with E-state index >= 15 is 0 Å². The van der Waals surface area contributed by atoms with Crippen LogP contribution in [0.2, 0.25) is 5.15 Å². The van der Waals surface area contributed by atoms with Gasteiger partial charge in [0.1, 0.15) is 23.6 Å². The van der Waals surface area contributed by atoms with Gasteiger partial charge in [-0.3, -0.25) is 9.78 Å². The van der Waals surface area contributed by atoms with Gasteiger partial charge < -0.3 is 19.1 Å². The van der Waals surface area contributed by atoms with Gasteiger partial charge in [-0.1, -0.05) is 11.6 Å². The lowest BCUT2D eigenvalue weighted by Gasteiger charge is -2.33. The van der Waals surface area contributed by atoms with Gasteiger partial charge in [-0.25, -0.2) is 4.98 Å². The van der Waals surface area contributed by atoms with Crippen LogP contribution in [0.3, 0.4) is 0 Å². The standard InChI is InChI=1S/C18H20ClN3O4/c1-12-3-4-14(9-20-12)26-11-15-10-22(5-6-25-15)18(23)13-7-16(19)21-17(8-13)24-2/h3-4,7-9,15H,5-6,10-11H2,1-2H3. The molecular weight excluding hydrogens is 358 g/mol. The molecule has 3 heterocycles. The lowest BCUT2D eigenvalue weighted by Crippen LogP contribution is -2.47. The molecule has 0 aliphatic carbocycles. The summed E-state index contributed by atoms with van der Waals surface area (Å²) in [6.45, 7) is 3.64. The van der Waals surface area contributed by atoms with Crippen molar-refractivity contribution in [1.29, 1.82) is 0 Å². The Labute approximate surface area is 156 Å². The smallest absolute Gasteiger partial charge is 0.254 e. The van der Waals surface area contributed by atoms with Gasteiger partial charge in [-0.2, -0.15) is 0 Å². The van der Waals surface area contributed by atoms with E-state index in [-0.39, 0.29) is 17.2 Å². The van der Waals surface area contributed by atoms with Crippen LogP contribution in [0, 0.1) is 6.92 Å². The number of methoxy groups -OCH3 is 1. The fraction of sp³-hybridized carbons (Fsp3) is 0.389. The summed E-state index contributed by atoms with van der Waals surface area (Å²) >= 11 is 5.96.